The van der Waals surface area contributed by atoms with Gasteiger partial charge in [0.2, 0.25) is 5.91 Å². The smallest absolute Gasteiger partial charge is 0.224 e. The lowest BCUT2D eigenvalue weighted by Gasteiger charge is -2.05. The average Bonchev–Trinajstić information content (AvgIpc) is 2.60. The molecule has 0 aromatic carbocycles. The van der Waals surface area contributed by atoms with Crippen LogP contribution in [0.15, 0.2) is 0 Å². The number of aromatic amines is 1. The van der Waals surface area contributed by atoms with Crippen molar-refractivity contribution in [3.63, 3.8) is 0 Å². The molecule has 0 spiro atoms. The largest absolute Gasteiger partial charge is 0.396 e. The van der Waals surface area contributed by atoms with Crippen molar-refractivity contribution < 1.29 is 9.90 Å². The lowest BCUT2D eigenvalue weighted by atomic mass is 10.1. The number of carbonyl (C=O) groups is 1. The van der Waals surface area contributed by atoms with Crippen LogP contribution in [-0.2, 0) is 11.2 Å². The van der Waals surface area contributed by atoms with E-state index in [1.165, 1.54) is 0 Å². The van der Waals surface area contributed by atoms with Gasteiger partial charge in [0.1, 0.15) is 0 Å². The first-order valence-electron chi connectivity index (χ1n) is 6.03. The van der Waals surface area contributed by atoms with Gasteiger partial charge in [-0.05, 0) is 33.1 Å². The maximum Gasteiger partial charge on any atom is 0.224 e. The van der Waals surface area contributed by atoms with Gasteiger partial charge in [-0.15, -0.1) is 0 Å². The third-order valence-electron chi connectivity index (χ3n) is 2.78. The van der Waals surface area contributed by atoms with Gasteiger partial charge in [0, 0.05) is 24.4 Å². The van der Waals surface area contributed by atoms with Crippen molar-refractivity contribution in [3.05, 3.63) is 17.0 Å². The van der Waals surface area contributed by atoms with E-state index < -0.39 is 0 Å². The molecule has 0 aliphatic rings. The molecule has 0 bridgehead atoms. The minimum atomic E-state index is 0.0293. The van der Waals surface area contributed by atoms with Gasteiger partial charge in [0.15, 0.2) is 0 Å². The van der Waals surface area contributed by atoms with E-state index in [0.29, 0.717) is 13.0 Å². The van der Waals surface area contributed by atoms with E-state index in [0.717, 1.165) is 36.2 Å². The first-order chi connectivity index (χ1) is 8.15. The number of aliphatic hydroxyl groups is 1. The summed E-state index contributed by atoms with van der Waals surface area (Å²) in [4.78, 5) is 11.6. The van der Waals surface area contributed by atoms with Crippen LogP contribution in [0.3, 0.4) is 0 Å². The van der Waals surface area contributed by atoms with Crippen molar-refractivity contribution in [2.24, 2.45) is 0 Å². The second kappa shape index (κ2) is 7.06. The molecule has 1 amide bonds. The Morgan fingerprint density at radius 1 is 1.35 bits per heavy atom. The van der Waals surface area contributed by atoms with E-state index in [4.69, 9.17) is 5.11 Å². The van der Waals surface area contributed by atoms with E-state index >= 15 is 0 Å². The molecule has 1 rings (SSSR count). The summed E-state index contributed by atoms with van der Waals surface area (Å²) in [6.45, 7) is 4.72. The Morgan fingerprint density at radius 3 is 2.71 bits per heavy atom. The van der Waals surface area contributed by atoms with Crippen LogP contribution in [0.1, 0.15) is 36.2 Å². The van der Waals surface area contributed by atoms with Gasteiger partial charge < -0.3 is 10.4 Å². The molecular formula is C12H21N3O2. The highest BCUT2D eigenvalue weighted by atomic mass is 16.2. The highest BCUT2D eigenvalue weighted by Gasteiger charge is 2.10. The van der Waals surface area contributed by atoms with E-state index in [2.05, 4.69) is 15.5 Å². The maximum absolute atomic E-state index is 11.6. The number of carbonyl (C=O) groups excluding carboxylic acids is 1. The first kappa shape index (κ1) is 13.7. The van der Waals surface area contributed by atoms with Crippen LogP contribution in [0.25, 0.3) is 0 Å². The predicted octanol–water partition coefficient (Wildman–Crippen LogP) is 0.848. The Labute approximate surface area is 102 Å². The standard InChI is InChI=1S/C12H21N3O2/c1-9-11(10(2)15-14-9)8-12(17)13-6-4-3-5-7-16/h16H,3-8H2,1-2H3,(H,13,17)(H,14,15). The monoisotopic (exact) mass is 239 g/mol. The maximum atomic E-state index is 11.6. The highest BCUT2D eigenvalue weighted by molar-refractivity contribution is 5.79. The summed E-state index contributed by atoms with van der Waals surface area (Å²) in [5, 5.41) is 18.4. The first-order valence-corrected chi connectivity index (χ1v) is 6.03. The molecule has 0 aliphatic heterocycles. The predicted molar refractivity (Wildman–Crippen MR) is 65.7 cm³/mol. The number of amides is 1. The fourth-order valence-corrected chi connectivity index (χ4v) is 1.70. The number of hydrogen-bond donors (Lipinski definition) is 3. The number of nitrogens with zero attached hydrogens (tertiary/aromatic N) is 1. The molecule has 0 fully saturated rings. The van der Waals surface area contributed by atoms with Crippen molar-refractivity contribution in [1.82, 2.24) is 15.5 Å². The van der Waals surface area contributed by atoms with E-state index in [1.54, 1.807) is 0 Å². The van der Waals surface area contributed by atoms with E-state index in [1.807, 2.05) is 13.8 Å². The molecule has 5 nitrogen and oxygen atoms in total. The average molecular weight is 239 g/mol. The lowest BCUT2D eigenvalue weighted by molar-refractivity contribution is -0.120. The minimum Gasteiger partial charge on any atom is -0.396 e. The Balaban J connectivity index is 2.26. The van der Waals surface area contributed by atoms with Crippen LogP contribution in [0.4, 0.5) is 0 Å². The number of hydrogen-bond acceptors (Lipinski definition) is 3. The van der Waals surface area contributed by atoms with Crippen LogP contribution in [0.2, 0.25) is 0 Å². The highest BCUT2D eigenvalue weighted by Crippen LogP contribution is 2.09. The van der Waals surface area contributed by atoms with E-state index in [-0.39, 0.29) is 12.5 Å². The molecule has 3 N–H and O–H groups in total. The minimum absolute atomic E-state index is 0.0293. The van der Waals surface area contributed by atoms with Crippen LogP contribution in [-0.4, -0.2) is 34.4 Å². The Morgan fingerprint density at radius 2 is 2.12 bits per heavy atom. The van der Waals surface area contributed by atoms with Crippen molar-refractivity contribution in [1.29, 1.82) is 0 Å². The van der Waals surface area contributed by atoms with Gasteiger partial charge in [-0.1, -0.05) is 0 Å². The number of aromatic nitrogens is 2. The summed E-state index contributed by atoms with van der Waals surface area (Å²) in [6.07, 6.45) is 3.04. The van der Waals surface area contributed by atoms with Gasteiger partial charge in [-0.25, -0.2) is 0 Å². The fourth-order valence-electron chi connectivity index (χ4n) is 1.70. The second-order valence-electron chi connectivity index (χ2n) is 4.22. The zero-order chi connectivity index (χ0) is 12.7. The number of aryl methyl sites for hydroxylation is 2. The molecular weight excluding hydrogens is 218 g/mol. The third kappa shape index (κ3) is 4.56. The number of aliphatic hydroxyl groups excluding tert-OH is 1. The van der Waals surface area contributed by atoms with Crippen LogP contribution in [0.5, 0.6) is 0 Å². The molecule has 0 unspecified atom stereocenters. The van der Waals surface area contributed by atoms with Crippen molar-refractivity contribution in [3.8, 4) is 0 Å². The molecule has 1 aromatic rings. The lowest BCUT2D eigenvalue weighted by Crippen LogP contribution is -2.26. The molecule has 0 aliphatic carbocycles. The Kier molecular flexibility index (Phi) is 5.69. The second-order valence-corrected chi connectivity index (χ2v) is 4.22. The SMILES string of the molecule is Cc1n[nH]c(C)c1CC(=O)NCCCCCO. The van der Waals surface area contributed by atoms with E-state index in [9.17, 15) is 4.79 Å². The fraction of sp³-hybridized carbons (Fsp3) is 0.667. The van der Waals surface area contributed by atoms with Gasteiger partial charge in [-0.2, -0.15) is 5.10 Å². The summed E-state index contributed by atoms with van der Waals surface area (Å²) >= 11 is 0. The molecule has 0 radical (unpaired) electrons. The van der Waals surface area contributed by atoms with Crippen LogP contribution >= 0.6 is 0 Å². The zero-order valence-corrected chi connectivity index (χ0v) is 10.5. The molecule has 1 heterocycles. The summed E-state index contributed by atoms with van der Waals surface area (Å²) < 4.78 is 0. The zero-order valence-electron chi connectivity index (χ0n) is 10.5. The topological polar surface area (TPSA) is 78.0 Å². The van der Waals surface area contributed by atoms with Crippen LogP contribution in [0, 0.1) is 13.8 Å². The normalized spacial score (nSPS) is 10.5. The van der Waals surface area contributed by atoms with Crippen LogP contribution < -0.4 is 5.32 Å². The quantitative estimate of drug-likeness (QED) is 0.617. The molecule has 0 atom stereocenters. The van der Waals surface area contributed by atoms with Gasteiger partial charge in [-0.3, -0.25) is 9.89 Å². The van der Waals surface area contributed by atoms with Gasteiger partial charge in [0.25, 0.3) is 0 Å². The Hall–Kier alpha value is -1.36. The summed E-state index contributed by atoms with van der Waals surface area (Å²) in [7, 11) is 0. The van der Waals surface area contributed by atoms with Gasteiger partial charge >= 0.3 is 0 Å². The number of nitrogens with one attached hydrogen (secondary N) is 2. The molecule has 0 saturated carbocycles. The molecule has 5 heteroatoms. The summed E-state index contributed by atoms with van der Waals surface area (Å²) in [6, 6.07) is 0. The number of H-pyrrole nitrogens is 1. The number of unbranched alkanes of at least 4 members (excludes halogenated alkanes) is 2. The molecule has 96 valence electrons. The Bertz CT molecular complexity index is 341. The number of rotatable bonds is 7. The van der Waals surface area contributed by atoms with Crippen molar-refractivity contribution >= 4 is 5.91 Å². The molecule has 0 saturated heterocycles. The summed E-state index contributed by atoms with van der Waals surface area (Å²) in [5.41, 5.74) is 2.83. The summed E-state index contributed by atoms with van der Waals surface area (Å²) in [5.74, 6) is 0.0293. The molecule has 1 aromatic heterocycles. The van der Waals surface area contributed by atoms with Crippen molar-refractivity contribution in [2.75, 3.05) is 13.2 Å². The van der Waals surface area contributed by atoms with Crippen molar-refractivity contribution in [2.45, 2.75) is 39.5 Å². The van der Waals surface area contributed by atoms with Gasteiger partial charge in [0.05, 0.1) is 12.1 Å². The molecule has 17 heavy (non-hydrogen) atoms. The third-order valence-corrected chi connectivity index (χ3v) is 2.78.